The van der Waals surface area contributed by atoms with Crippen molar-refractivity contribution in [3.05, 3.63) is 94.8 Å². The highest BCUT2D eigenvalue weighted by molar-refractivity contribution is 6.16. The van der Waals surface area contributed by atoms with Gasteiger partial charge in [0.1, 0.15) is 5.69 Å². The monoisotopic (exact) mass is 443 g/mol. The lowest BCUT2D eigenvalue weighted by atomic mass is 9.74. The van der Waals surface area contributed by atoms with Crippen molar-refractivity contribution in [1.82, 2.24) is 10.3 Å². The van der Waals surface area contributed by atoms with Gasteiger partial charge in [0.15, 0.2) is 11.6 Å². The Morgan fingerprint density at radius 3 is 2.45 bits per heavy atom. The molecule has 3 aromatic rings. The fourth-order valence-electron chi connectivity index (χ4n) is 4.60. The van der Waals surface area contributed by atoms with Gasteiger partial charge in [-0.2, -0.15) is 0 Å². The van der Waals surface area contributed by atoms with Crippen LogP contribution in [-0.2, 0) is 16.8 Å². The van der Waals surface area contributed by atoms with Crippen LogP contribution in [0.25, 0.3) is 0 Å². The van der Waals surface area contributed by atoms with E-state index in [1.807, 2.05) is 24.3 Å². The minimum atomic E-state index is -1.03. The predicted octanol–water partition coefficient (Wildman–Crippen LogP) is 4.44. The number of rotatable bonds is 1. The van der Waals surface area contributed by atoms with Crippen LogP contribution in [0.1, 0.15) is 41.5 Å². The van der Waals surface area contributed by atoms with Gasteiger partial charge in [-0.15, -0.1) is 0 Å². The average molecular weight is 443 g/mol. The summed E-state index contributed by atoms with van der Waals surface area (Å²) in [5.74, 6) is 2.81. The zero-order chi connectivity index (χ0) is 23.0. The maximum Gasteiger partial charge on any atom is 0.329 e. The standard InChI is InChI=1S/C26H19F2N3O2/c27-21-13-18(9-8-17-5-2-1-3-6-17)14-22(28)24(21)31-23(32)15-26(30-25(31)33)11-4-7-19-10-12-29-16-20(19)26/h1-3,5-6,10,12-14,16H,4,7,11,15H2,(H,30,33)/t26-/m0/s1. The van der Waals surface area contributed by atoms with Gasteiger partial charge >= 0.3 is 6.03 Å². The maximum absolute atomic E-state index is 14.9. The lowest BCUT2D eigenvalue weighted by Crippen LogP contribution is -2.61. The molecular formula is C26H19F2N3O2. The Kier molecular flexibility index (Phi) is 5.14. The highest BCUT2D eigenvalue weighted by atomic mass is 19.1. The van der Waals surface area contributed by atoms with E-state index in [0.717, 1.165) is 36.1 Å². The quantitative estimate of drug-likeness (QED) is 0.566. The van der Waals surface area contributed by atoms with Crippen LogP contribution in [0.5, 0.6) is 0 Å². The number of urea groups is 1. The number of imide groups is 1. The second-order valence-corrected chi connectivity index (χ2v) is 8.21. The molecule has 1 aliphatic heterocycles. The number of aryl methyl sites for hydroxylation is 1. The number of fused-ring (bicyclic) bond motifs is 2. The second-order valence-electron chi connectivity index (χ2n) is 8.21. The van der Waals surface area contributed by atoms with Crippen LogP contribution in [0.2, 0.25) is 0 Å². The molecule has 2 aromatic carbocycles. The first-order chi connectivity index (χ1) is 16.0. The maximum atomic E-state index is 14.9. The molecule has 2 heterocycles. The van der Waals surface area contributed by atoms with E-state index in [1.54, 1.807) is 24.5 Å². The highest BCUT2D eigenvalue weighted by Gasteiger charge is 2.48. The van der Waals surface area contributed by atoms with Crippen molar-refractivity contribution in [3.63, 3.8) is 0 Å². The lowest BCUT2D eigenvalue weighted by molar-refractivity contribution is -0.120. The number of halogens is 2. The number of benzene rings is 2. The van der Waals surface area contributed by atoms with E-state index < -0.39 is 34.8 Å². The number of carbonyl (C=O) groups excluding carboxylic acids is 2. The van der Waals surface area contributed by atoms with Crippen LogP contribution in [-0.4, -0.2) is 16.9 Å². The summed E-state index contributed by atoms with van der Waals surface area (Å²) in [6.45, 7) is 0. The van der Waals surface area contributed by atoms with Crippen LogP contribution in [0.3, 0.4) is 0 Å². The zero-order valence-corrected chi connectivity index (χ0v) is 17.6. The molecule has 2 aliphatic rings. The molecule has 0 unspecified atom stereocenters. The van der Waals surface area contributed by atoms with Crippen molar-refractivity contribution in [2.75, 3.05) is 4.90 Å². The van der Waals surface area contributed by atoms with Crippen molar-refractivity contribution in [2.45, 2.75) is 31.2 Å². The molecule has 164 valence electrons. The van der Waals surface area contributed by atoms with Gasteiger partial charge in [0.05, 0.1) is 12.0 Å². The minimum Gasteiger partial charge on any atom is -0.327 e. The molecule has 5 nitrogen and oxygen atoms in total. The Hall–Kier alpha value is -4.05. The number of pyridine rings is 1. The first-order valence-corrected chi connectivity index (χ1v) is 10.6. The largest absolute Gasteiger partial charge is 0.329 e. The molecule has 33 heavy (non-hydrogen) atoms. The molecule has 7 heteroatoms. The molecule has 1 spiro atoms. The van der Waals surface area contributed by atoms with Crippen LogP contribution in [0, 0.1) is 23.5 Å². The van der Waals surface area contributed by atoms with Crippen molar-refractivity contribution < 1.29 is 18.4 Å². The normalized spacial score (nSPS) is 19.5. The molecule has 1 aliphatic carbocycles. The highest BCUT2D eigenvalue weighted by Crippen LogP contribution is 2.41. The number of hydrogen-bond acceptors (Lipinski definition) is 3. The summed E-state index contributed by atoms with van der Waals surface area (Å²) < 4.78 is 29.9. The summed E-state index contributed by atoms with van der Waals surface area (Å²) >= 11 is 0. The van der Waals surface area contributed by atoms with E-state index in [0.29, 0.717) is 16.9 Å². The SMILES string of the molecule is O=C1C[C@]2(CCCc3ccncc32)NC(=O)N1c1c(F)cc(C#Cc2ccccc2)cc1F. The Morgan fingerprint density at radius 2 is 1.73 bits per heavy atom. The molecule has 0 radical (unpaired) electrons. The van der Waals surface area contributed by atoms with Gasteiger partial charge in [-0.3, -0.25) is 9.78 Å². The third-order valence-corrected chi connectivity index (χ3v) is 6.09. The Morgan fingerprint density at radius 1 is 1.00 bits per heavy atom. The molecule has 1 aromatic heterocycles. The zero-order valence-electron chi connectivity index (χ0n) is 17.6. The summed E-state index contributed by atoms with van der Waals surface area (Å²) in [7, 11) is 0. The molecule has 5 rings (SSSR count). The molecule has 0 bridgehead atoms. The number of nitrogens with one attached hydrogen (secondary N) is 1. The van der Waals surface area contributed by atoms with Gasteiger partial charge in [0.25, 0.3) is 0 Å². The number of nitrogens with zero attached hydrogens (tertiary/aromatic N) is 2. The van der Waals surface area contributed by atoms with E-state index >= 15 is 0 Å². The number of carbonyl (C=O) groups is 2. The fraction of sp³-hybridized carbons (Fsp3) is 0.192. The summed E-state index contributed by atoms with van der Waals surface area (Å²) in [4.78, 5) is 30.8. The fourth-order valence-corrected chi connectivity index (χ4v) is 4.60. The smallest absolute Gasteiger partial charge is 0.327 e. The molecule has 1 saturated heterocycles. The summed E-state index contributed by atoms with van der Waals surface area (Å²) in [6, 6.07) is 12.1. The lowest BCUT2D eigenvalue weighted by Gasteiger charge is -2.44. The predicted molar refractivity (Wildman–Crippen MR) is 118 cm³/mol. The first-order valence-electron chi connectivity index (χ1n) is 10.6. The summed E-state index contributed by atoms with van der Waals surface area (Å²) in [5, 5.41) is 2.85. The van der Waals surface area contributed by atoms with Crippen molar-refractivity contribution in [1.29, 1.82) is 0 Å². The van der Waals surface area contributed by atoms with E-state index in [-0.39, 0.29) is 12.0 Å². The minimum absolute atomic E-state index is 0.103. The topological polar surface area (TPSA) is 62.3 Å². The van der Waals surface area contributed by atoms with Crippen LogP contribution >= 0.6 is 0 Å². The molecular weight excluding hydrogens is 424 g/mol. The van der Waals surface area contributed by atoms with Gasteiger partial charge < -0.3 is 5.32 Å². The number of amides is 3. The van der Waals surface area contributed by atoms with Gasteiger partial charge in [-0.1, -0.05) is 30.0 Å². The molecule has 1 N–H and O–H groups in total. The Bertz CT molecular complexity index is 1290. The Labute approximate surface area is 189 Å². The van der Waals surface area contributed by atoms with Crippen LogP contribution in [0.15, 0.2) is 60.9 Å². The van der Waals surface area contributed by atoms with Gasteiger partial charge in [-0.05, 0) is 60.7 Å². The number of anilines is 1. The number of aromatic nitrogens is 1. The summed E-state index contributed by atoms with van der Waals surface area (Å²) in [6.07, 6.45) is 5.37. The Balaban J connectivity index is 1.46. The van der Waals surface area contributed by atoms with Crippen LogP contribution in [0.4, 0.5) is 19.3 Å². The molecule has 1 fully saturated rings. The molecule has 0 saturated carbocycles. The van der Waals surface area contributed by atoms with E-state index in [9.17, 15) is 18.4 Å². The second kappa shape index (κ2) is 8.14. The van der Waals surface area contributed by atoms with Crippen molar-refractivity contribution >= 4 is 17.6 Å². The van der Waals surface area contributed by atoms with E-state index in [1.165, 1.54) is 0 Å². The average Bonchev–Trinajstić information content (AvgIpc) is 2.80. The van der Waals surface area contributed by atoms with E-state index in [2.05, 4.69) is 22.1 Å². The third kappa shape index (κ3) is 3.74. The first kappa shape index (κ1) is 20.8. The summed E-state index contributed by atoms with van der Waals surface area (Å²) in [5.41, 5.74) is 0.980. The molecule has 1 atom stereocenters. The van der Waals surface area contributed by atoms with E-state index in [4.69, 9.17) is 0 Å². The van der Waals surface area contributed by atoms with Crippen molar-refractivity contribution in [3.8, 4) is 11.8 Å². The van der Waals surface area contributed by atoms with Gasteiger partial charge in [0.2, 0.25) is 5.91 Å². The molecule has 3 amide bonds. The third-order valence-electron chi connectivity index (χ3n) is 6.09. The van der Waals surface area contributed by atoms with Gasteiger partial charge in [-0.25, -0.2) is 18.5 Å². The van der Waals surface area contributed by atoms with Gasteiger partial charge in [0, 0.05) is 23.5 Å². The van der Waals surface area contributed by atoms with Crippen molar-refractivity contribution in [2.24, 2.45) is 0 Å². The van der Waals surface area contributed by atoms with Crippen LogP contribution < -0.4 is 10.2 Å². The number of hydrogen-bond donors (Lipinski definition) is 1.